The zero-order valence-electron chi connectivity index (χ0n) is 18.2. The van der Waals surface area contributed by atoms with Crippen molar-refractivity contribution >= 4 is 5.96 Å². The number of halogens is 1. The minimum absolute atomic E-state index is 0.104. The third-order valence-corrected chi connectivity index (χ3v) is 6.03. The van der Waals surface area contributed by atoms with E-state index in [1.54, 1.807) is 7.05 Å². The average Bonchev–Trinajstić information content (AvgIpc) is 3.03. The summed E-state index contributed by atoms with van der Waals surface area (Å²) in [5, 5.41) is 15.6. The first-order valence-electron chi connectivity index (χ1n) is 11.2. The van der Waals surface area contributed by atoms with Crippen LogP contribution in [0.4, 0.5) is 4.39 Å². The summed E-state index contributed by atoms with van der Waals surface area (Å²) >= 11 is 0. The Labute approximate surface area is 182 Å². The first-order valence-corrected chi connectivity index (χ1v) is 11.2. The topological polar surface area (TPSA) is 79.6 Å². The van der Waals surface area contributed by atoms with Crippen molar-refractivity contribution in [3.63, 3.8) is 0 Å². The van der Waals surface area contributed by atoms with Crippen LogP contribution < -0.4 is 10.6 Å². The number of aromatic nitrogens is 3. The number of aliphatic imine (C=N–C) groups is 1. The summed E-state index contributed by atoms with van der Waals surface area (Å²) in [7, 11) is 1.77. The predicted molar refractivity (Wildman–Crippen MR) is 117 cm³/mol. The number of hydrogen-bond acceptors (Lipinski definition) is 5. The molecule has 4 rings (SSSR count). The molecule has 8 nitrogen and oxygen atoms in total. The fourth-order valence-electron chi connectivity index (χ4n) is 4.28. The van der Waals surface area contributed by atoms with Gasteiger partial charge in [0.15, 0.2) is 11.8 Å². The number of guanidine groups is 1. The van der Waals surface area contributed by atoms with Crippen LogP contribution in [-0.2, 0) is 24.2 Å². The van der Waals surface area contributed by atoms with Crippen molar-refractivity contribution in [3.05, 3.63) is 47.3 Å². The molecule has 1 aromatic carbocycles. The van der Waals surface area contributed by atoms with Crippen molar-refractivity contribution in [1.29, 1.82) is 0 Å². The van der Waals surface area contributed by atoms with Gasteiger partial charge in [0.1, 0.15) is 11.6 Å². The zero-order valence-corrected chi connectivity index (χ0v) is 18.2. The van der Waals surface area contributed by atoms with Crippen LogP contribution in [0.25, 0.3) is 0 Å². The zero-order chi connectivity index (χ0) is 21.5. The van der Waals surface area contributed by atoms with Crippen molar-refractivity contribution < 1.29 is 9.13 Å². The smallest absolute Gasteiger partial charge is 0.191 e. The summed E-state index contributed by atoms with van der Waals surface area (Å²) in [6.07, 6.45) is 4.59. The molecule has 0 aliphatic carbocycles. The van der Waals surface area contributed by atoms with Gasteiger partial charge in [-0.2, -0.15) is 0 Å². The Kier molecular flexibility index (Phi) is 7.48. The van der Waals surface area contributed by atoms with Crippen LogP contribution in [0.3, 0.4) is 0 Å². The van der Waals surface area contributed by atoms with Gasteiger partial charge < -0.3 is 19.9 Å². The van der Waals surface area contributed by atoms with E-state index in [1.807, 2.05) is 12.1 Å². The average molecular weight is 430 g/mol. The van der Waals surface area contributed by atoms with E-state index in [1.165, 1.54) is 31.4 Å². The van der Waals surface area contributed by atoms with Gasteiger partial charge in [-0.15, -0.1) is 10.2 Å². The number of rotatable bonds is 6. The van der Waals surface area contributed by atoms with Gasteiger partial charge in [-0.25, -0.2) is 4.39 Å². The minimum Gasteiger partial charge on any atom is -0.379 e. The van der Waals surface area contributed by atoms with Gasteiger partial charge >= 0.3 is 0 Å². The molecule has 1 unspecified atom stereocenters. The van der Waals surface area contributed by atoms with Gasteiger partial charge in [0, 0.05) is 39.6 Å². The second-order valence-corrected chi connectivity index (χ2v) is 8.02. The maximum absolute atomic E-state index is 13.4. The monoisotopic (exact) mass is 429 g/mol. The predicted octanol–water partition coefficient (Wildman–Crippen LogP) is 1.88. The fourth-order valence-corrected chi connectivity index (χ4v) is 4.28. The minimum atomic E-state index is -0.220. The molecular weight excluding hydrogens is 397 g/mol. The number of nitrogens with one attached hydrogen (secondary N) is 2. The van der Waals surface area contributed by atoms with E-state index in [4.69, 9.17) is 4.74 Å². The van der Waals surface area contributed by atoms with Crippen LogP contribution in [0.2, 0.25) is 0 Å². The Hall–Kier alpha value is -2.52. The normalized spacial score (nSPS) is 18.8. The van der Waals surface area contributed by atoms with Crippen molar-refractivity contribution in [3.8, 4) is 0 Å². The molecule has 2 aliphatic heterocycles. The number of hydrogen-bond donors (Lipinski definition) is 2. The molecular formula is C22H32FN7O. The summed E-state index contributed by atoms with van der Waals surface area (Å²) in [5.74, 6) is 2.53. The van der Waals surface area contributed by atoms with Crippen molar-refractivity contribution in [2.24, 2.45) is 4.99 Å². The lowest BCUT2D eigenvalue weighted by Crippen LogP contribution is -2.46. The standard InChI is InChI=1S/C22H32FN7O/c1-24-22(26-16-21-28-27-20-5-3-2-4-10-30(20)21)25-15-19(29-11-13-31-14-12-29)17-6-8-18(23)9-7-17/h6-9,19H,2-5,10-16H2,1H3,(H2,24,25,26). The van der Waals surface area contributed by atoms with Crippen molar-refractivity contribution in [2.45, 2.75) is 44.8 Å². The highest BCUT2D eigenvalue weighted by molar-refractivity contribution is 5.79. The molecule has 0 saturated carbocycles. The Morgan fingerprint density at radius 2 is 1.90 bits per heavy atom. The van der Waals surface area contributed by atoms with Crippen LogP contribution in [0.5, 0.6) is 0 Å². The van der Waals surface area contributed by atoms with Crippen LogP contribution in [0.1, 0.15) is 42.5 Å². The Bertz CT molecular complexity index is 861. The summed E-state index contributed by atoms with van der Waals surface area (Å²) in [6, 6.07) is 6.87. The Morgan fingerprint density at radius 1 is 1.10 bits per heavy atom. The highest BCUT2D eigenvalue weighted by Gasteiger charge is 2.23. The Balaban J connectivity index is 1.38. The van der Waals surface area contributed by atoms with Gasteiger partial charge in [-0.1, -0.05) is 18.6 Å². The third-order valence-electron chi connectivity index (χ3n) is 6.03. The number of fused-ring (bicyclic) bond motifs is 1. The fraction of sp³-hybridized carbons (Fsp3) is 0.591. The van der Waals surface area contributed by atoms with Crippen LogP contribution >= 0.6 is 0 Å². The summed E-state index contributed by atoms with van der Waals surface area (Å²) in [5.41, 5.74) is 1.08. The largest absolute Gasteiger partial charge is 0.379 e. The lowest BCUT2D eigenvalue weighted by molar-refractivity contribution is 0.0170. The molecule has 0 bridgehead atoms. The molecule has 2 aromatic rings. The van der Waals surface area contributed by atoms with Gasteiger partial charge in [0.2, 0.25) is 0 Å². The van der Waals surface area contributed by atoms with Gasteiger partial charge in [0.05, 0.1) is 25.8 Å². The molecule has 0 amide bonds. The lowest BCUT2D eigenvalue weighted by Gasteiger charge is -2.35. The van der Waals surface area contributed by atoms with Crippen LogP contribution in [0.15, 0.2) is 29.3 Å². The molecule has 2 N–H and O–H groups in total. The van der Waals surface area contributed by atoms with Crippen LogP contribution in [-0.4, -0.2) is 65.5 Å². The molecule has 3 heterocycles. The molecule has 1 atom stereocenters. The quantitative estimate of drug-likeness (QED) is 0.539. The highest BCUT2D eigenvalue weighted by Crippen LogP contribution is 2.21. The number of ether oxygens (including phenoxy) is 1. The molecule has 0 spiro atoms. The lowest BCUT2D eigenvalue weighted by atomic mass is 10.0. The molecule has 1 fully saturated rings. The highest BCUT2D eigenvalue weighted by atomic mass is 19.1. The molecule has 1 aromatic heterocycles. The van der Waals surface area contributed by atoms with Crippen molar-refractivity contribution in [1.82, 2.24) is 30.3 Å². The summed E-state index contributed by atoms with van der Waals surface area (Å²) in [6.45, 7) is 5.33. The molecule has 0 radical (unpaired) electrons. The summed E-state index contributed by atoms with van der Waals surface area (Å²) in [4.78, 5) is 6.75. The van der Waals surface area contributed by atoms with Crippen molar-refractivity contribution in [2.75, 3.05) is 39.9 Å². The number of morpholine rings is 1. The van der Waals surface area contributed by atoms with E-state index in [0.717, 1.165) is 43.3 Å². The van der Waals surface area contributed by atoms with E-state index in [9.17, 15) is 4.39 Å². The summed E-state index contributed by atoms with van der Waals surface area (Å²) < 4.78 is 21.2. The van der Waals surface area contributed by atoms with E-state index in [-0.39, 0.29) is 11.9 Å². The van der Waals surface area contributed by atoms with E-state index in [2.05, 4.69) is 35.3 Å². The Morgan fingerprint density at radius 3 is 2.68 bits per heavy atom. The maximum Gasteiger partial charge on any atom is 0.191 e. The van der Waals surface area contributed by atoms with Crippen LogP contribution in [0, 0.1) is 5.82 Å². The second-order valence-electron chi connectivity index (χ2n) is 8.02. The number of aryl methyl sites for hydroxylation is 1. The first kappa shape index (κ1) is 21.7. The SMILES string of the molecule is CN=C(NCc1nnc2n1CCCCC2)NCC(c1ccc(F)cc1)N1CCOCC1. The molecule has 168 valence electrons. The van der Waals surface area contributed by atoms with Gasteiger partial charge in [-0.05, 0) is 30.5 Å². The number of benzene rings is 1. The van der Waals surface area contributed by atoms with Gasteiger partial charge in [0.25, 0.3) is 0 Å². The van der Waals surface area contributed by atoms with E-state index >= 15 is 0 Å². The van der Waals surface area contributed by atoms with Gasteiger partial charge in [-0.3, -0.25) is 9.89 Å². The molecule has 31 heavy (non-hydrogen) atoms. The van der Waals surface area contributed by atoms with E-state index < -0.39 is 0 Å². The molecule has 9 heteroatoms. The third kappa shape index (κ3) is 5.59. The second kappa shape index (κ2) is 10.7. The molecule has 1 saturated heterocycles. The maximum atomic E-state index is 13.4. The molecule has 2 aliphatic rings. The first-order chi connectivity index (χ1) is 15.2. The van der Waals surface area contributed by atoms with E-state index in [0.29, 0.717) is 32.3 Å². The number of nitrogens with zero attached hydrogens (tertiary/aromatic N) is 5.